The average Bonchev–Trinajstić information content (AvgIpc) is 3.25. The fourth-order valence-corrected chi connectivity index (χ4v) is 4.20. The number of nitrogens with zero attached hydrogens (tertiary/aromatic N) is 3. The largest absolute Gasteiger partial charge is 0.494 e. The number of amides is 1. The Bertz CT molecular complexity index is 961. The van der Waals surface area contributed by atoms with Crippen LogP contribution in [0.25, 0.3) is 10.2 Å². The molecule has 10 heteroatoms. The highest BCUT2D eigenvalue weighted by Gasteiger charge is 2.25. The number of carbonyl (C=O) groups excluding carboxylic acids is 1. The van der Waals surface area contributed by atoms with Crippen LogP contribution in [0, 0.1) is 0 Å². The summed E-state index contributed by atoms with van der Waals surface area (Å²) in [5, 5.41) is 1.14. The van der Waals surface area contributed by atoms with Gasteiger partial charge in [-0.1, -0.05) is 22.9 Å². The summed E-state index contributed by atoms with van der Waals surface area (Å²) in [5.74, 6) is 0.635. The Morgan fingerprint density at radius 1 is 1.29 bits per heavy atom. The van der Waals surface area contributed by atoms with Crippen molar-refractivity contribution in [2.45, 2.75) is 6.42 Å². The van der Waals surface area contributed by atoms with E-state index < -0.39 is 0 Å². The number of carbonyl (C=O) groups is 1. The van der Waals surface area contributed by atoms with Gasteiger partial charge in [0, 0.05) is 6.54 Å². The molecule has 0 unspecified atom stereocenters. The maximum atomic E-state index is 13.1. The topological polar surface area (TPSA) is 58.8 Å². The molecule has 2 heterocycles. The molecule has 0 aliphatic heterocycles. The van der Waals surface area contributed by atoms with E-state index in [1.54, 1.807) is 36.3 Å². The second kappa shape index (κ2) is 9.93. The Morgan fingerprint density at radius 2 is 2.04 bits per heavy atom. The first kappa shape index (κ1) is 23.0. The highest BCUT2D eigenvalue weighted by atomic mass is 79.9. The van der Waals surface area contributed by atoms with Crippen molar-refractivity contribution in [3.05, 3.63) is 39.7 Å². The van der Waals surface area contributed by atoms with Crippen LogP contribution >= 0.6 is 51.3 Å². The fourth-order valence-electron chi connectivity index (χ4n) is 2.61. The zero-order valence-corrected chi connectivity index (χ0v) is 19.5. The van der Waals surface area contributed by atoms with E-state index in [9.17, 15) is 4.79 Å². The standard InChI is InChI=1S/C18H19BrClN3O3S.ClH/c1-22(2)9-4-10-23(17(24)13-7-8-14(19)26-13)18-21-15-12(25-3)6-5-11(20)16(15)27-18;/h5-8H,4,9-10H2,1-3H3;1H. The molecule has 2 aromatic heterocycles. The third-order valence-corrected chi connectivity index (χ3v) is 5.88. The first-order chi connectivity index (χ1) is 12.9. The smallest absolute Gasteiger partial charge is 0.295 e. The number of benzene rings is 1. The summed E-state index contributed by atoms with van der Waals surface area (Å²) in [7, 11) is 5.58. The summed E-state index contributed by atoms with van der Waals surface area (Å²) < 4.78 is 12.1. The van der Waals surface area contributed by atoms with Crippen molar-refractivity contribution in [2.75, 3.05) is 39.2 Å². The van der Waals surface area contributed by atoms with Gasteiger partial charge in [-0.25, -0.2) is 4.98 Å². The van der Waals surface area contributed by atoms with Gasteiger partial charge in [0.2, 0.25) is 0 Å². The first-order valence-corrected chi connectivity index (χ1v) is 10.2. The molecule has 0 spiro atoms. The van der Waals surface area contributed by atoms with Crippen LogP contribution in [0.15, 0.2) is 33.4 Å². The van der Waals surface area contributed by atoms with Crippen molar-refractivity contribution in [1.82, 2.24) is 9.88 Å². The Labute approximate surface area is 186 Å². The minimum absolute atomic E-state index is 0. The molecule has 0 N–H and O–H groups in total. The van der Waals surface area contributed by atoms with Crippen LogP contribution in [-0.2, 0) is 0 Å². The van der Waals surface area contributed by atoms with Crippen molar-refractivity contribution in [1.29, 1.82) is 0 Å². The average molecular weight is 509 g/mol. The van der Waals surface area contributed by atoms with Gasteiger partial charge in [-0.05, 0) is 67.3 Å². The van der Waals surface area contributed by atoms with Gasteiger partial charge in [-0.15, -0.1) is 12.4 Å². The van der Waals surface area contributed by atoms with Gasteiger partial charge in [0.15, 0.2) is 15.6 Å². The molecular weight excluding hydrogens is 489 g/mol. The Hall–Kier alpha value is -1.32. The monoisotopic (exact) mass is 507 g/mol. The Balaban J connectivity index is 0.00000280. The molecule has 0 fully saturated rings. The molecule has 28 heavy (non-hydrogen) atoms. The van der Waals surface area contributed by atoms with Gasteiger partial charge < -0.3 is 14.1 Å². The summed E-state index contributed by atoms with van der Waals surface area (Å²) >= 11 is 10.9. The van der Waals surface area contributed by atoms with E-state index in [1.165, 1.54) is 11.3 Å². The summed E-state index contributed by atoms with van der Waals surface area (Å²) in [6.07, 6.45) is 0.793. The van der Waals surface area contributed by atoms with Crippen LogP contribution in [0.3, 0.4) is 0 Å². The number of hydrogen-bond donors (Lipinski definition) is 0. The molecule has 0 bridgehead atoms. The van der Waals surface area contributed by atoms with Gasteiger partial charge >= 0.3 is 0 Å². The third-order valence-electron chi connectivity index (χ3n) is 3.91. The van der Waals surface area contributed by atoms with E-state index in [0.29, 0.717) is 32.6 Å². The number of fused-ring (bicyclic) bond motifs is 1. The Kier molecular flexibility index (Phi) is 8.15. The molecule has 0 saturated carbocycles. The molecule has 0 radical (unpaired) electrons. The second-order valence-corrected chi connectivity index (χ2v) is 8.31. The molecule has 152 valence electrons. The molecule has 0 atom stereocenters. The van der Waals surface area contributed by atoms with Crippen LogP contribution in [-0.4, -0.2) is 50.1 Å². The maximum Gasteiger partial charge on any atom is 0.295 e. The second-order valence-electron chi connectivity index (χ2n) is 6.14. The van der Waals surface area contributed by atoms with E-state index in [-0.39, 0.29) is 24.1 Å². The molecule has 3 aromatic rings. The molecule has 0 saturated heterocycles. The number of hydrogen-bond acceptors (Lipinski definition) is 6. The molecule has 1 aromatic carbocycles. The highest BCUT2D eigenvalue weighted by Crippen LogP contribution is 2.39. The molecular formula is C18H20BrCl2N3O3S. The number of aromatic nitrogens is 1. The molecule has 3 rings (SSSR count). The van der Waals surface area contributed by atoms with Crippen molar-refractivity contribution in [2.24, 2.45) is 0 Å². The third kappa shape index (κ3) is 4.99. The van der Waals surface area contributed by atoms with Crippen molar-refractivity contribution in [3.63, 3.8) is 0 Å². The van der Waals surface area contributed by atoms with Crippen molar-refractivity contribution >= 4 is 72.5 Å². The van der Waals surface area contributed by atoms with E-state index in [0.717, 1.165) is 17.7 Å². The fraction of sp³-hybridized carbons (Fsp3) is 0.333. The predicted octanol–water partition coefficient (Wildman–Crippen LogP) is 5.33. The van der Waals surface area contributed by atoms with E-state index >= 15 is 0 Å². The number of anilines is 1. The minimum Gasteiger partial charge on any atom is -0.494 e. The number of furan rings is 1. The zero-order valence-electron chi connectivity index (χ0n) is 15.6. The molecule has 6 nitrogen and oxygen atoms in total. The van der Waals surface area contributed by atoms with Crippen molar-refractivity contribution < 1.29 is 13.9 Å². The van der Waals surface area contributed by atoms with Gasteiger partial charge in [0.25, 0.3) is 5.91 Å². The van der Waals surface area contributed by atoms with Crippen LogP contribution in [0.4, 0.5) is 5.13 Å². The summed E-state index contributed by atoms with van der Waals surface area (Å²) in [4.78, 5) is 21.4. The number of rotatable bonds is 7. The quantitative estimate of drug-likeness (QED) is 0.431. The van der Waals surface area contributed by atoms with Crippen LogP contribution in [0.5, 0.6) is 5.75 Å². The number of thiazole rings is 1. The lowest BCUT2D eigenvalue weighted by atomic mass is 10.3. The van der Waals surface area contributed by atoms with Gasteiger partial charge in [-0.3, -0.25) is 9.69 Å². The van der Waals surface area contributed by atoms with Gasteiger partial charge in [0.05, 0.1) is 16.8 Å². The summed E-state index contributed by atoms with van der Waals surface area (Å²) in [5.41, 5.74) is 0.649. The number of methoxy groups -OCH3 is 1. The van der Waals surface area contributed by atoms with Gasteiger partial charge in [0.1, 0.15) is 11.3 Å². The van der Waals surface area contributed by atoms with Crippen LogP contribution in [0.1, 0.15) is 17.0 Å². The lowest BCUT2D eigenvalue weighted by molar-refractivity contribution is 0.0958. The first-order valence-electron chi connectivity index (χ1n) is 8.25. The predicted molar refractivity (Wildman–Crippen MR) is 120 cm³/mol. The SMILES string of the molecule is COc1ccc(Cl)c2sc(N(CCCN(C)C)C(=O)c3ccc(Br)o3)nc12.Cl. The highest BCUT2D eigenvalue weighted by molar-refractivity contribution is 9.10. The number of ether oxygens (including phenoxy) is 1. The zero-order chi connectivity index (χ0) is 19.6. The normalized spacial score (nSPS) is 10.9. The van der Waals surface area contributed by atoms with Crippen LogP contribution < -0.4 is 9.64 Å². The lowest BCUT2D eigenvalue weighted by Crippen LogP contribution is -2.33. The molecule has 0 aliphatic rings. The lowest BCUT2D eigenvalue weighted by Gasteiger charge is -2.19. The Morgan fingerprint density at radius 3 is 2.64 bits per heavy atom. The molecule has 1 amide bonds. The van der Waals surface area contributed by atoms with Gasteiger partial charge in [-0.2, -0.15) is 0 Å². The van der Waals surface area contributed by atoms with Crippen LogP contribution in [0.2, 0.25) is 5.02 Å². The van der Waals surface area contributed by atoms with E-state index in [4.69, 9.17) is 20.8 Å². The maximum absolute atomic E-state index is 13.1. The van der Waals surface area contributed by atoms with Crippen molar-refractivity contribution in [3.8, 4) is 5.75 Å². The molecule has 0 aliphatic carbocycles. The van der Waals surface area contributed by atoms with E-state index in [1.807, 2.05) is 14.1 Å². The summed E-state index contributed by atoms with van der Waals surface area (Å²) in [6, 6.07) is 6.89. The number of halogens is 3. The minimum atomic E-state index is -0.242. The van der Waals surface area contributed by atoms with E-state index in [2.05, 4.69) is 25.8 Å². The summed E-state index contributed by atoms with van der Waals surface area (Å²) in [6.45, 7) is 1.36.